The van der Waals surface area contributed by atoms with Gasteiger partial charge in [-0.15, -0.1) is 0 Å². The summed E-state index contributed by atoms with van der Waals surface area (Å²) in [5.41, 5.74) is 2.57. The fourth-order valence-corrected chi connectivity index (χ4v) is 1.97. The van der Waals surface area contributed by atoms with Crippen LogP contribution in [-0.2, 0) is 6.54 Å². The van der Waals surface area contributed by atoms with Gasteiger partial charge in [0.15, 0.2) is 12.4 Å². The molecule has 0 aliphatic rings. The minimum absolute atomic E-state index is 0. The molecule has 0 amide bonds. The Balaban J connectivity index is 0.00000162. The van der Waals surface area contributed by atoms with Gasteiger partial charge in [-0.1, -0.05) is 43.7 Å². The standard InChI is InChI=1S/C16H20N.HI/c1-2-3-7-12-17-13-10-16(11-14-17)15-8-5-4-6-9-15;/h4-6,8-11,13-14H,2-3,7,12H2,1H3;1H/q+1;/p-1. The predicted molar refractivity (Wildman–Crippen MR) is 71.6 cm³/mol. The minimum atomic E-state index is 0. The van der Waals surface area contributed by atoms with Gasteiger partial charge in [0.1, 0.15) is 6.54 Å². The van der Waals surface area contributed by atoms with Gasteiger partial charge in [-0.2, -0.15) is 0 Å². The molecule has 0 radical (unpaired) electrons. The van der Waals surface area contributed by atoms with Gasteiger partial charge in [0, 0.05) is 18.6 Å². The Morgan fingerprint density at radius 3 is 2.06 bits per heavy atom. The van der Waals surface area contributed by atoms with E-state index in [-0.39, 0.29) is 24.0 Å². The van der Waals surface area contributed by atoms with Crippen molar-refractivity contribution >= 4 is 0 Å². The first kappa shape index (κ1) is 15.2. The lowest BCUT2D eigenvalue weighted by Crippen LogP contribution is -3.00. The summed E-state index contributed by atoms with van der Waals surface area (Å²) in [5.74, 6) is 0. The number of pyridine rings is 1. The molecule has 96 valence electrons. The van der Waals surface area contributed by atoms with E-state index in [2.05, 4.69) is 66.3 Å². The summed E-state index contributed by atoms with van der Waals surface area (Å²) in [5, 5.41) is 0. The third-order valence-electron chi connectivity index (χ3n) is 3.02. The Morgan fingerprint density at radius 1 is 0.833 bits per heavy atom. The summed E-state index contributed by atoms with van der Waals surface area (Å²) >= 11 is 0. The third kappa shape index (κ3) is 4.41. The van der Waals surface area contributed by atoms with Gasteiger partial charge in [-0.25, -0.2) is 4.57 Å². The molecular formula is C16H20IN. The van der Waals surface area contributed by atoms with E-state index in [0.717, 1.165) is 6.54 Å². The number of hydrogen-bond donors (Lipinski definition) is 0. The maximum Gasteiger partial charge on any atom is 0.169 e. The molecule has 2 heteroatoms. The van der Waals surface area contributed by atoms with Crippen molar-refractivity contribution in [3.8, 4) is 11.1 Å². The van der Waals surface area contributed by atoms with E-state index in [9.17, 15) is 0 Å². The smallest absolute Gasteiger partial charge is 0.169 e. The van der Waals surface area contributed by atoms with Crippen LogP contribution < -0.4 is 28.5 Å². The Hall–Kier alpha value is -0.900. The molecule has 1 nitrogen and oxygen atoms in total. The average Bonchev–Trinajstić information content (AvgIpc) is 2.41. The predicted octanol–water partition coefficient (Wildman–Crippen LogP) is 0.835. The number of hydrogen-bond acceptors (Lipinski definition) is 0. The molecule has 0 aliphatic carbocycles. The van der Waals surface area contributed by atoms with Crippen LogP contribution in [0.1, 0.15) is 26.2 Å². The summed E-state index contributed by atoms with van der Waals surface area (Å²) in [6.07, 6.45) is 8.22. The highest BCUT2D eigenvalue weighted by molar-refractivity contribution is 5.61. The van der Waals surface area contributed by atoms with Gasteiger partial charge in [0.05, 0.1) is 0 Å². The number of rotatable bonds is 5. The van der Waals surface area contributed by atoms with Crippen molar-refractivity contribution in [1.29, 1.82) is 0 Å². The van der Waals surface area contributed by atoms with Crippen LogP contribution >= 0.6 is 0 Å². The summed E-state index contributed by atoms with van der Waals surface area (Å²) in [4.78, 5) is 0. The maximum atomic E-state index is 2.27. The Morgan fingerprint density at radius 2 is 1.44 bits per heavy atom. The van der Waals surface area contributed by atoms with Gasteiger partial charge in [-0.3, -0.25) is 0 Å². The SMILES string of the molecule is CCCCC[n+]1ccc(-c2ccccc2)cc1.[I-]. The van der Waals surface area contributed by atoms with Crippen molar-refractivity contribution in [2.24, 2.45) is 0 Å². The molecule has 0 N–H and O–H groups in total. The summed E-state index contributed by atoms with van der Waals surface area (Å²) < 4.78 is 2.27. The van der Waals surface area contributed by atoms with Crippen LogP contribution in [0.5, 0.6) is 0 Å². The van der Waals surface area contributed by atoms with Crippen molar-refractivity contribution in [2.75, 3.05) is 0 Å². The fraction of sp³-hybridized carbons (Fsp3) is 0.312. The van der Waals surface area contributed by atoms with Crippen molar-refractivity contribution in [3.63, 3.8) is 0 Å². The number of aryl methyl sites for hydroxylation is 1. The van der Waals surface area contributed by atoms with Gasteiger partial charge in [-0.05, 0) is 17.5 Å². The molecule has 1 aromatic heterocycles. The van der Waals surface area contributed by atoms with Crippen molar-refractivity contribution in [1.82, 2.24) is 0 Å². The van der Waals surface area contributed by atoms with E-state index in [1.54, 1.807) is 0 Å². The number of aromatic nitrogens is 1. The summed E-state index contributed by atoms with van der Waals surface area (Å²) in [6, 6.07) is 14.9. The summed E-state index contributed by atoms with van der Waals surface area (Å²) in [7, 11) is 0. The molecule has 0 saturated carbocycles. The third-order valence-corrected chi connectivity index (χ3v) is 3.02. The normalized spacial score (nSPS) is 9.83. The number of benzene rings is 1. The van der Waals surface area contributed by atoms with Crippen molar-refractivity contribution in [2.45, 2.75) is 32.7 Å². The van der Waals surface area contributed by atoms with Crippen molar-refractivity contribution in [3.05, 3.63) is 54.9 Å². The molecule has 18 heavy (non-hydrogen) atoms. The molecule has 2 rings (SSSR count). The second-order valence-corrected chi connectivity index (χ2v) is 4.40. The van der Waals surface area contributed by atoms with E-state index in [0.29, 0.717) is 0 Å². The second kappa shape index (κ2) is 8.25. The Labute approximate surface area is 127 Å². The van der Waals surface area contributed by atoms with E-state index in [1.807, 2.05) is 0 Å². The molecule has 0 fully saturated rings. The number of nitrogens with zero attached hydrogens (tertiary/aromatic N) is 1. The highest BCUT2D eigenvalue weighted by Crippen LogP contribution is 2.16. The van der Waals surface area contributed by atoms with E-state index in [4.69, 9.17) is 0 Å². The quantitative estimate of drug-likeness (QED) is 0.426. The van der Waals surface area contributed by atoms with E-state index in [1.165, 1.54) is 30.4 Å². The second-order valence-electron chi connectivity index (χ2n) is 4.40. The molecule has 0 atom stereocenters. The molecule has 2 aromatic rings. The Kier molecular flexibility index (Phi) is 6.94. The lowest BCUT2D eigenvalue weighted by atomic mass is 10.1. The zero-order valence-electron chi connectivity index (χ0n) is 10.8. The highest BCUT2D eigenvalue weighted by atomic mass is 127. The molecule has 1 heterocycles. The molecule has 1 aromatic carbocycles. The number of halogens is 1. The van der Waals surface area contributed by atoms with Gasteiger partial charge in [0.25, 0.3) is 0 Å². The molecule has 0 saturated heterocycles. The zero-order valence-corrected chi connectivity index (χ0v) is 13.0. The average molecular weight is 353 g/mol. The van der Waals surface area contributed by atoms with Gasteiger partial charge >= 0.3 is 0 Å². The van der Waals surface area contributed by atoms with Crippen LogP contribution in [-0.4, -0.2) is 0 Å². The van der Waals surface area contributed by atoms with Gasteiger partial charge in [0.2, 0.25) is 0 Å². The van der Waals surface area contributed by atoms with Crippen LogP contribution in [0.4, 0.5) is 0 Å². The fourth-order valence-electron chi connectivity index (χ4n) is 1.97. The minimum Gasteiger partial charge on any atom is -1.00 e. The van der Waals surface area contributed by atoms with Crippen LogP contribution in [0.3, 0.4) is 0 Å². The Bertz CT molecular complexity index is 436. The number of unbranched alkanes of at least 4 members (excludes halogenated alkanes) is 2. The largest absolute Gasteiger partial charge is 1.00 e. The monoisotopic (exact) mass is 353 g/mol. The highest BCUT2D eigenvalue weighted by Gasteiger charge is 2.01. The molecule has 0 unspecified atom stereocenters. The first-order valence-electron chi connectivity index (χ1n) is 6.44. The maximum absolute atomic E-state index is 2.27. The molecule has 0 bridgehead atoms. The molecule has 0 spiro atoms. The van der Waals surface area contributed by atoms with Gasteiger partial charge < -0.3 is 24.0 Å². The zero-order chi connectivity index (χ0) is 11.9. The molecule has 0 aliphatic heterocycles. The van der Waals surface area contributed by atoms with Crippen LogP contribution in [0, 0.1) is 0 Å². The first-order chi connectivity index (χ1) is 8.40. The van der Waals surface area contributed by atoms with Crippen molar-refractivity contribution < 1.29 is 28.5 Å². The van der Waals surface area contributed by atoms with E-state index < -0.39 is 0 Å². The summed E-state index contributed by atoms with van der Waals surface area (Å²) in [6.45, 7) is 3.37. The van der Waals surface area contributed by atoms with Crippen LogP contribution in [0.25, 0.3) is 11.1 Å². The van der Waals surface area contributed by atoms with E-state index >= 15 is 0 Å². The van der Waals surface area contributed by atoms with Crippen LogP contribution in [0.15, 0.2) is 54.9 Å². The first-order valence-corrected chi connectivity index (χ1v) is 6.44. The lowest BCUT2D eigenvalue weighted by molar-refractivity contribution is -0.697. The topological polar surface area (TPSA) is 3.88 Å². The molecular weight excluding hydrogens is 333 g/mol. The van der Waals surface area contributed by atoms with Crippen LogP contribution in [0.2, 0.25) is 0 Å². The lowest BCUT2D eigenvalue weighted by Gasteiger charge is -2.00.